The molecule has 1 aliphatic rings. The average molecular weight is 295 g/mol. The number of benzene rings is 1. The van der Waals surface area contributed by atoms with E-state index in [1.807, 2.05) is 0 Å². The second kappa shape index (κ2) is 4.79. The van der Waals surface area contributed by atoms with Crippen molar-refractivity contribution in [2.24, 2.45) is 5.10 Å². The van der Waals surface area contributed by atoms with Crippen LogP contribution in [0.4, 0.5) is 0 Å². The number of H-pyrrole nitrogens is 1. The van der Waals surface area contributed by atoms with Crippen LogP contribution in [0.25, 0.3) is 0 Å². The van der Waals surface area contributed by atoms with E-state index in [0.29, 0.717) is 21.3 Å². The topological polar surface area (TPSA) is 66.2 Å². The molecule has 2 aromatic rings. The summed E-state index contributed by atoms with van der Waals surface area (Å²) < 4.78 is 2.03. The van der Waals surface area contributed by atoms with E-state index in [9.17, 15) is 5.11 Å². The van der Waals surface area contributed by atoms with Crippen LogP contribution in [0, 0.1) is 4.77 Å². The van der Waals surface area contributed by atoms with Crippen LogP contribution in [0.1, 0.15) is 30.1 Å². The summed E-state index contributed by atoms with van der Waals surface area (Å²) in [5.41, 5.74) is 0.539. The smallest absolute Gasteiger partial charge is 0.216 e. The molecule has 19 heavy (non-hydrogen) atoms. The molecule has 2 N–H and O–H groups in total. The quantitative estimate of drug-likeness (QED) is 0.675. The average Bonchev–Trinajstić information content (AvgIpc) is 3.16. The van der Waals surface area contributed by atoms with Crippen LogP contribution < -0.4 is 0 Å². The SMILES string of the molecule is Oc1ccc(Cl)cc1/C=N/n1c(C2CC2)n[nH]c1=S. The van der Waals surface area contributed by atoms with Gasteiger partial charge in [0.1, 0.15) is 5.75 Å². The fourth-order valence-electron chi connectivity index (χ4n) is 1.77. The first kappa shape index (κ1) is 12.4. The Morgan fingerprint density at radius 1 is 1.53 bits per heavy atom. The maximum Gasteiger partial charge on any atom is 0.216 e. The van der Waals surface area contributed by atoms with Gasteiger partial charge in [0.15, 0.2) is 5.82 Å². The number of nitrogens with one attached hydrogen (secondary N) is 1. The van der Waals surface area contributed by atoms with Gasteiger partial charge in [0.05, 0.1) is 6.21 Å². The third-order valence-electron chi connectivity index (χ3n) is 2.92. The molecular formula is C12H11ClN4OS. The zero-order valence-corrected chi connectivity index (χ0v) is 11.4. The molecule has 1 fully saturated rings. The predicted octanol–water partition coefficient (Wildman–Crippen LogP) is 3.06. The second-order valence-electron chi connectivity index (χ2n) is 4.42. The van der Waals surface area contributed by atoms with Gasteiger partial charge < -0.3 is 5.11 Å². The molecule has 0 amide bonds. The molecule has 7 heteroatoms. The standard InChI is InChI=1S/C12H11ClN4OS/c13-9-3-4-10(18)8(5-9)6-14-17-11(7-1-2-7)15-16-12(17)19/h3-7,18H,1-2H2,(H,16,19)/b14-6+. The Hall–Kier alpha value is -1.66. The molecule has 0 spiro atoms. The summed E-state index contributed by atoms with van der Waals surface area (Å²) in [6, 6.07) is 4.79. The summed E-state index contributed by atoms with van der Waals surface area (Å²) in [6.45, 7) is 0. The molecule has 1 aliphatic carbocycles. The van der Waals surface area contributed by atoms with E-state index < -0.39 is 0 Å². The van der Waals surface area contributed by atoms with Crippen LogP contribution in [0.15, 0.2) is 23.3 Å². The van der Waals surface area contributed by atoms with Crippen LogP contribution >= 0.6 is 23.8 Å². The molecule has 0 saturated heterocycles. The Bertz CT molecular complexity index is 702. The minimum Gasteiger partial charge on any atom is -0.507 e. The van der Waals surface area contributed by atoms with Gasteiger partial charge in [0.2, 0.25) is 4.77 Å². The molecule has 1 heterocycles. The van der Waals surface area contributed by atoms with Gasteiger partial charge >= 0.3 is 0 Å². The van der Waals surface area contributed by atoms with Crippen molar-refractivity contribution in [2.45, 2.75) is 18.8 Å². The molecule has 0 unspecified atom stereocenters. The van der Waals surface area contributed by atoms with E-state index in [1.165, 1.54) is 12.3 Å². The Morgan fingerprint density at radius 2 is 2.32 bits per heavy atom. The van der Waals surface area contributed by atoms with Gasteiger partial charge in [-0.25, -0.2) is 0 Å². The molecule has 0 aliphatic heterocycles. The van der Waals surface area contributed by atoms with Crippen molar-refractivity contribution in [1.29, 1.82) is 0 Å². The normalized spacial score (nSPS) is 15.2. The lowest BCUT2D eigenvalue weighted by Gasteiger charge is -2.00. The van der Waals surface area contributed by atoms with E-state index >= 15 is 0 Å². The molecule has 0 atom stereocenters. The lowest BCUT2D eigenvalue weighted by atomic mass is 10.2. The first-order valence-electron chi connectivity index (χ1n) is 5.85. The number of rotatable bonds is 3. The van der Waals surface area contributed by atoms with Gasteiger partial charge in [-0.3, -0.25) is 5.10 Å². The molecule has 0 bridgehead atoms. The highest BCUT2D eigenvalue weighted by Gasteiger charge is 2.29. The number of hydrogen-bond donors (Lipinski definition) is 2. The fraction of sp³-hybridized carbons (Fsp3) is 0.250. The van der Waals surface area contributed by atoms with E-state index in [1.54, 1.807) is 16.8 Å². The molecule has 5 nitrogen and oxygen atoms in total. The van der Waals surface area contributed by atoms with Crippen molar-refractivity contribution in [3.05, 3.63) is 39.4 Å². The number of nitrogens with zero attached hydrogens (tertiary/aromatic N) is 3. The van der Waals surface area contributed by atoms with E-state index in [4.69, 9.17) is 23.8 Å². The van der Waals surface area contributed by atoms with E-state index in [-0.39, 0.29) is 5.75 Å². The monoisotopic (exact) mass is 294 g/mol. The first-order chi connectivity index (χ1) is 9.15. The van der Waals surface area contributed by atoms with Gasteiger partial charge in [-0.05, 0) is 43.3 Å². The van der Waals surface area contributed by atoms with Crippen molar-refractivity contribution in [3.63, 3.8) is 0 Å². The van der Waals surface area contributed by atoms with Gasteiger partial charge in [-0.1, -0.05) is 11.6 Å². The van der Waals surface area contributed by atoms with Crippen LogP contribution in [-0.2, 0) is 0 Å². The minimum atomic E-state index is 0.121. The highest BCUT2D eigenvalue weighted by Crippen LogP contribution is 2.38. The van der Waals surface area contributed by atoms with Crippen molar-refractivity contribution < 1.29 is 5.11 Å². The van der Waals surface area contributed by atoms with Crippen molar-refractivity contribution in [1.82, 2.24) is 14.9 Å². The van der Waals surface area contributed by atoms with Crippen molar-refractivity contribution >= 4 is 30.0 Å². The molecular weight excluding hydrogens is 284 g/mol. The number of halogens is 1. The third kappa shape index (κ3) is 2.54. The summed E-state index contributed by atoms with van der Waals surface area (Å²) in [5.74, 6) is 1.39. The highest BCUT2D eigenvalue weighted by molar-refractivity contribution is 7.71. The minimum absolute atomic E-state index is 0.121. The first-order valence-corrected chi connectivity index (χ1v) is 6.64. The van der Waals surface area contributed by atoms with Crippen molar-refractivity contribution in [2.75, 3.05) is 0 Å². The van der Waals surface area contributed by atoms with Crippen LogP contribution in [0.3, 0.4) is 0 Å². The third-order valence-corrected chi connectivity index (χ3v) is 3.42. The van der Waals surface area contributed by atoms with Gasteiger partial charge in [-0.2, -0.15) is 14.9 Å². The lowest BCUT2D eigenvalue weighted by Crippen LogP contribution is -1.97. The fourth-order valence-corrected chi connectivity index (χ4v) is 2.14. The Kier molecular flexibility index (Phi) is 3.12. The highest BCUT2D eigenvalue weighted by atomic mass is 35.5. The zero-order chi connectivity index (χ0) is 13.4. The van der Waals surface area contributed by atoms with Crippen LogP contribution in [0.2, 0.25) is 5.02 Å². The molecule has 1 aromatic carbocycles. The summed E-state index contributed by atoms with van der Waals surface area (Å²) in [4.78, 5) is 0. The van der Waals surface area contributed by atoms with E-state index in [0.717, 1.165) is 18.7 Å². The van der Waals surface area contributed by atoms with Gasteiger partial charge in [-0.15, -0.1) is 0 Å². The second-order valence-corrected chi connectivity index (χ2v) is 5.24. The maximum absolute atomic E-state index is 9.72. The van der Waals surface area contributed by atoms with Gasteiger partial charge in [0.25, 0.3) is 0 Å². The van der Waals surface area contributed by atoms with Crippen molar-refractivity contribution in [3.8, 4) is 5.75 Å². The lowest BCUT2D eigenvalue weighted by molar-refractivity contribution is 0.474. The molecule has 98 valence electrons. The number of phenols is 1. The number of hydrogen-bond acceptors (Lipinski definition) is 4. The number of aromatic hydroxyl groups is 1. The van der Waals surface area contributed by atoms with E-state index in [2.05, 4.69) is 15.3 Å². The van der Waals surface area contributed by atoms with Crippen LogP contribution in [0.5, 0.6) is 5.75 Å². The Morgan fingerprint density at radius 3 is 3.05 bits per heavy atom. The van der Waals surface area contributed by atoms with Crippen LogP contribution in [-0.4, -0.2) is 26.2 Å². The predicted molar refractivity (Wildman–Crippen MR) is 75.5 cm³/mol. The molecule has 1 saturated carbocycles. The summed E-state index contributed by atoms with van der Waals surface area (Å²) >= 11 is 11.0. The Labute approximate surface area is 119 Å². The number of aromatic nitrogens is 3. The zero-order valence-electron chi connectivity index (χ0n) is 9.88. The molecule has 3 rings (SSSR count). The summed E-state index contributed by atoms with van der Waals surface area (Å²) in [6.07, 6.45) is 3.74. The summed E-state index contributed by atoms with van der Waals surface area (Å²) in [5, 5.41) is 21.4. The molecule has 0 radical (unpaired) electrons. The number of phenolic OH excluding ortho intramolecular Hbond substituents is 1. The maximum atomic E-state index is 9.72. The Balaban J connectivity index is 1.96. The van der Waals surface area contributed by atoms with Gasteiger partial charge in [0, 0.05) is 16.5 Å². The largest absolute Gasteiger partial charge is 0.507 e. The number of aromatic amines is 1. The molecule has 1 aromatic heterocycles. The summed E-state index contributed by atoms with van der Waals surface area (Å²) in [7, 11) is 0.